The maximum atomic E-state index is 12.7. The Kier molecular flexibility index (Phi) is 5.49. The molecule has 1 fully saturated rings. The molecule has 0 spiro atoms. The Labute approximate surface area is 162 Å². The van der Waals surface area contributed by atoms with E-state index in [1.807, 2.05) is 18.2 Å². The van der Waals surface area contributed by atoms with Crippen LogP contribution in [0.2, 0.25) is 10.0 Å². The molecule has 0 saturated carbocycles. The SMILES string of the molecule is CC1(C(=O)NCc2ccccn2)CCN1C(=O)Cc1ccc(Cl)cc1Cl. The van der Waals surface area contributed by atoms with Crippen LogP contribution in [0.5, 0.6) is 0 Å². The fraction of sp³-hybridized carbons (Fsp3) is 0.316. The number of carbonyl (C=O) groups excluding carboxylic acids is 2. The normalized spacial score (nSPS) is 19.0. The first-order valence-electron chi connectivity index (χ1n) is 8.33. The van der Waals surface area contributed by atoms with E-state index in [4.69, 9.17) is 23.2 Å². The van der Waals surface area contributed by atoms with Gasteiger partial charge in [0, 0.05) is 22.8 Å². The largest absolute Gasteiger partial charge is 0.348 e. The molecule has 7 heteroatoms. The van der Waals surface area contributed by atoms with Gasteiger partial charge < -0.3 is 10.2 Å². The van der Waals surface area contributed by atoms with Gasteiger partial charge in [0.25, 0.3) is 0 Å². The summed E-state index contributed by atoms with van der Waals surface area (Å²) in [5.41, 5.74) is 0.629. The van der Waals surface area contributed by atoms with Gasteiger partial charge in [-0.15, -0.1) is 0 Å². The number of amides is 2. The quantitative estimate of drug-likeness (QED) is 0.850. The molecule has 2 heterocycles. The number of hydrogen-bond acceptors (Lipinski definition) is 3. The Hall–Kier alpha value is -2.11. The number of halogens is 2. The minimum atomic E-state index is -0.842. The van der Waals surface area contributed by atoms with Crippen LogP contribution < -0.4 is 5.32 Å². The fourth-order valence-electron chi connectivity index (χ4n) is 2.98. The predicted octanol–water partition coefficient (Wildman–Crippen LogP) is 3.24. The second kappa shape index (κ2) is 7.64. The van der Waals surface area contributed by atoms with Gasteiger partial charge in [0.1, 0.15) is 5.54 Å². The standard InChI is InChI=1S/C19H19Cl2N3O2/c1-19(18(26)23-12-15-4-2-3-8-22-15)7-9-24(19)17(25)10-13-5-6-14(20)11-16(13)21/h2-6,8,11H,7,9-10,12H2,1H3,(H,23,26). The molecule has 1 aromatic carbocycles. The van der Waals surface area contributed by atoms with Crippen molar-refractivity contribution >= 4 is 35.0 Å². The summed E-state index contributed by atoms with van der Waals surface area (Å²) in [4.78, 5) is 31.1. The van der Waals surface area contributed by atoms with E-state index in [0.29, 0.717) is 35.1 Å². The second-order valence-corrected chi connectivity index (χ2v) is 7.33. The van der Waals surface area contributed by atoms with Crippen molar-refractivity contribution in [2.75, 3.05) is 6.54 Å². The van der Waals surface area contributed by atoms with Crippen molar-refractivity contribution in [1.82, 2.24) is 15.2 Å². The molecule has 2 aromatic rings. The first-order valence-corrected chi connectivity index (χ1v) is 9.08. The average Bonchev–Trinajstić information content (AvgIpc) is 2.61. The minimum absolute atomic E-state index is 0.129. The molecule has 1 N–H and O–H groups in total. The minimum Gasteiger partial charge on any atom is -0.348 e. The second-order valence-electron chi connectivity index (χ2n) is 6.49. The van der Waals surface area contributed by atoms with Crippen LogP contribution in [0.4, 0.5) is 0 Å². The van der Waals surface area contributed by atoms with Gasteiger partial charge >= 0.3 is 0 Å². The van der Waals surface area contributed by atoms with Gasteiger partial charge in [-0.1, -0.05) is 35.3 Å². The zero-order valence-corrected chi connectivity index (χ0v) is 15.8. The van der Waals surface area contributed by atoms with Crippen LogP contribution in [0.1, 0.15) is 24.6 Å². The molecular formula is C19H19Cl2N3O2. The van der Waals surface area contributed by atoms with E-state index in [9.17, 15) is 9.59 Å². The number of benzene rings is 1. The van der Waals surface area contributed by atoms with Gasteiger partial charge in [0.2, 0.25) is 11.8 Å². The fourth-order valence-corrected chi connectivity index (χ4v) is 3.46. The number of rotatable bonds is 5. The smallest absolute Gasteiger partial charge is 0.246 e. The van der Waals surface area contributed by atoms with Crippen molar-refractivity contribution < 1.29 is 9.59 Å². The maximum absolute atomic E-state index is 12.7. The summed E-state index contributed by atoms with van der Waals surface area (Å²) in [7, 11) is 0. The highest BCUT2D eigenvalue weighted by atomic mass is 35.5. The van der Waals surface area contributed by atoms with E-state index in [-0.39, 0.29) is 18.2 Å². The van der Waals surface area contributed by atoms with Crippen LogP contribution in [0, 0.1) is 0 Å². The Balaban J connectivity index is 1.63. The molecule has 0 aliphatic carbocycles. The average molecular weight is 392 g/mol. The van der Waals surface area contributed by atoms with Crippen LogP contribution in [-0.2, 0) is 22.6 Å². The van der Waals surface area contributed by atoms with Gasteiger partial charge in [-0.25, -0.2) is 0 Å². The van der Waals surface area contributed by atoms with Gasteiger partial charge in [-0.3, -0.25) is 14.6 Å². The molecule has 136 valence electrons. The highest BCUT2D eigenvalue weighted by Crippen LogP contribution is 2.32. The number of aromatic nitrogens is 1. The first kappa shape index (κ1) is 18.7. The third-order valence-corrected chi connectivity index (χ3v) is 5.31. The first-order chi connectivity index (χ1) is 12.4. The van der Waals surface area contributed by atoms with Crippen molar-refractivity contribution in [3.63, 3.8) is 0 Å². The number of carbonyl (C=O) groups is 2. The van der Waals surface area contributed by atoms with Gasteiger partial charge in [-0.05, 0) is 43.2 Å². The molecule has 0 bridgehead atoms. The number of nitrogens with zero attached hydrogens (tertiary/aromatic N) is 2. The molecular weight excluding hydrogens is 373 g/mol. The van der Waals surface area contributed by atoms with Crippen LogP contribution in [-0.4, -0.2) is 33.8 Å². The summed E-state index contributed by atoms with van der Waals surface area (Å²) in [6.45, 7) is 2.67. The van der Waals surface area contributed by atoms with Crippen LogP contribution in [0.15, 0.2) is 42.6 Å². The van der Waals surface area contributed by atoms with Gasteiger partial charge in [-0.2, -0.15) is 0 Å². The molecule has 1 aromatic heterocycles. The summed E-state index contributed by atoms with van der Waals surface area (Å²) in [5.74, 6) is -0.305. The van der Waals surface area contributed by atoms with Gasteiger partial charge in [0.15, 0.2) is 0 Å². The molecule has 1 unspecified atom stereocenters. The van der Waals surface area contributed by atoms with Crippen LogP contribution >= 0.6 is 23.2 Å². The molecule has 5 nitrogen and oxygen atoms in total. The van der Waals surface area contributed by atoms with E-state index < -0.39 is 5.54 Å². The van der Waals surface area contributed by atoms with E-state index in [2.05, 4.69) is 10.3 Å². The maximum Gasteiger partial charge on any atom is 0.246 e. The van der Waals surface area contributed by atoms with Crippen LogP contribution in [0.3, 0.4) is 0 Å². The van der Waals surface area contributed by atoms with E-state index in [1.165, 1.54) is 0 Å². The van der Waals surface area contributed by atoms with Crippen molar-refractivity contribution in [2.45, 2.75) is 31.8 Å². The predicted molar refractivity (Wildman–Crippen MR) is 101 cm³/mol. The summed E-state index contributed by atoms with van der Waals surface area (Å²) in [6.07, 6.45) is 2.44. The number of nitrogens with one attached hydrogen (secondary N) is 1. The zero-order valence-electron chi connectivity index (χ0n) is 14.3. The Bertz CT molecular complexity index is 829. The van der Waals surface area contributed by atoms with Crippen molar-refractivity contribution in [1.29, 1.82) is 0 Å². The van der Waals surface area contributed by atoms with E-state index in [0.717, 1.165) is 5.69 Å². The molecule has 2 amide bonds. The molecule has 1 saturated heterocycles. The van der Waals surface area contributed by atoms with Crippen molar-refractivity contribution in [3.8, 4) is 0 Å². The third kappa shape index (κ3) is 3.84. The summed E-state index contributed by atoms with van der Waals surface area (Å²) in [6, 6.07) is 10.6. The number of likely N-dealkylation sites (tertiary alicyclic amines) is 1. The Morgan fingerprint density at radius 1 is 1.27 bits per heavy atom. The highest BCUT2D eigenvalue weighted by molar-refractivity contribution is 6.35. The Morgan fingerprint density at radius 2 is 2.08 bits per heavy atom. The third-order valence-electron chi connectivity index (χ3n) is 4.72. The lowest BCUT2D eigenvalue weighted by Crippen LogP contribution is -2.67. The molecule has 0 radical (unpaired) electrons. The Morgan fingerprint density at radius 3 is 2.69 bits per heavy atom. The topological polar surface area (TPSA) is 62.3 Å². The molecule has 1 atom stereocenters. The highest BCUT2D eigenvalue weighted by Gasteiger charge is 2.49. The number of pyridine rings is 1. The molecule has 1 aliphatic heterocycles. The molecule has 3 rings (SSSR count). The lowest BCUT2D eigenvalue weighted by atomic mass is 9.85. The zero-order chi connectivity index (χ0) is 18.7. The lowest BCUT2D eigenvalue weighted by molar-refractivity contribution is -0.157. The monoisotopic (exact) mass is 391 g/mol. The summed E-state index contributed by atoms with van der Waals surface area (Å²) < 4.78 is 0. The van der Waals surface area contributed by atoms with Crippen molar-refractivity contribution in [2.24, 2.45) is 0 Å². The summed E-state index contributed by atoms with van der Waals surface area (Å²) >= 11 is 12.0. The van der Waals surface area contributed by atoms with E-state index in [1.54, 1.807) is 36.2 Å². The van der Waals surface area contributed by atoms with Crippen LogP contribution in [0.25, 0.3) is 0 Å². The van der Waals surface area contributed by atoms with Gasteiger partial charge in [0.05, 0.1) is 18.7 Å². The molecule has 1 aliphatic rings. The van der Waals surface area contributed by atoms with Crippen molar-refractivity contribution in [3.05, 3.63) is 63.9 Å². The molecule has 26 heavy (non-hydrogen) atoms. The summed E-state index contributed by atoms with van der Waals surface area (Å²) in [5, 5.41) is 3.84. The van der Waals surface area contributed by atoms with E-state index >= 15 is 0 Å². The number of hydrogen-bond donors (Lipinski definition) is 1. The lowest BCUT2D eigenvalue weighted by Gasteiger charge is -2.49.